The number of benzene rings is 1. The molecule has 2 aromatic heterocycles. The number of esters is 1. The number of imidazole rings is 1. The molecule has 35 heavy (non-hydrogen) atoms. The molecule has 0 radical (unpaired) electrons. The van der Waals surface area contributed by atoms with Crippen LogP contribution in [0.5, 0.6) is 0 Å². The maximum Gasteiger partial charge on any atom is 0.347 e. The first-order valence-electron chi connectivity index (χ1n) is 12.2. The van der Waals surface area contributed by atoms with Crippen molar-refractivity contribution in [2.45, 2.75) is 57.5 Å². The molecule has 0 amide bonds. The minimum Gasteiger partial charge on any atom is -0.465 e. The van der Waals surface area contributed by atoms with E-state index in [1.807, 2.05) is 36.4 Å². The van der Waals surface area contributed by atoms with Crippen LogP contribution < -0.4 is 4.90 Å². The highest BCUT2D eigenvalue weighted by Crippen LogP contribution is 2.49. The first-order chi connectivity index (χ1) is 16.9. The molecule has 9 nitrogen and oxygen atoms in total. The lowest BCUT2D eigenvalue weighted by Gasteiger charge is -2.23. The minimum atomic E-state index is -0.725. The van der Waals surface area contributed by atoms with Crippen molar-refractivity contribution in [2.24, 2.45) is 5.92 Å². The van der Waals surface area contributed by atoms with E-state index < -0.39 is 10.9 Å². The van der Waals surface area contributed by atoms with Gasteiger partial charge in [0.25, 0.3) is 0 Å². The highest BCUT2D eigenvalue weighted by Gasteiger charge is 2.39. The average Bonchev–Trinajstić information content (AvgIpc) is 3.58. The van der Waals surface area contributed by atoms with Gasteiger partial charge in [-0.1, -0.05) is 25.3 Å². The van der Waals surface area contributed by atoms with Crippen LogP contribution in [0, 0.1) is 16.0 Å². The zero-order valence-corrected chi connectivity index (χ0v) is 20.8. The number of methoxy groups -OCH3 is 1. The van der Waals surface area contributed by atoms with Gasteiger partial charge in [-0.2, -0.15) is 0 Å². The predicted octanol–water partition coefficient (Wildman–Crippen LogP) is 5.17. The summed E-state index contributed by atoms with van der Waals surface area (Å²) in [5.41, 5.74) is 2.21. The number of ether oxygens (including phenoxy) is 1. The van der Waals surface area contributed by atoms with Crippen LogP contribution in [0.4, 0.5) is 10.7 Å². The Morgan fingerprint density at radius 1 is 1.31 bits per heavy atom. The van der Waals surface area contributed by atoms with Crippen LogP contribution in [0.15, 0.2) is 24.5 Å². The molecular formula is C25H30N4O5S. The molecule has 0 unspecified atom stereocenters. The highest BCUT2D eigenvalue weighted by atomic mass is 32.1. The summed E-state index contributed by atoms with van der Waals surface area (Å²) in [4.78, 5) is 31.6. The van der Waals surface area contributed by atoms with Gasteiger partial charge in [0.2, 0.25) is 0 Å². The average molecular weight is 499 g/mol. The van der Waals surface area contributed by atoms with Crippen LogP contribution in [0.2, 0.25) is 0 Å². The Bertz CT molecular complexity index is 1260. The molecule has 3 heterocycles. The summed E-state index contributed by atoms with van der Waals surface area (Å²) in [6.45, 7) is 2.57. The summed E-state index contributed by atoms with van der Waals surface area (Å²) in [5, 5.41) is 22.5. The van der Waals surface area contributed by atoms with Crippen LogP contribution in [0.25, 0.3) is 21.5 Å². The van der Waals surface area contributed by atoms with Crippen LogP contribution in [0.3, 0.4) is 0 Å². The Morgan fingerprint density at radius 3 is 2.74 bits per heavy atom. The number of carbonyl (C=O) groups is 1. The molecule has 1 saturated carbocycles. The van der Waals surface area contributed by atoms with Crippen molar-refractivity contribution in [3.8, 4) is 10.4 Å². The molecular weight excluding hydrogens is 468 g/mol. The van der Waals surface area contributed by atoms with E-state index >= 15 is 0 Å². The first kappa shape index (κ1) is 23.7. The van der Waals surface area contributed by atoms with Gasteiger partial charge in [0.1, 0.15) is 9.88 Å². The Kier molecular flexibility index (Phi) is 6.50. The van der Waals surface area contributed by atoms with Crippen molar-refractivity contribution in [2.75, 3.05) is 25.2 Å². The molecule has 0 bridgehead atoms. The van der Waals surface area contributed by atoms with Gasteiger partial charge in [-0.15, -0.1) is 11.3 Å². The molecule has 186 valence electrons. The number of rotatable bonds is 6. The molecule has 10 heteroatoms. The van der Waals surface area contributed by atoms with E-state index in [0.29, 0.717) is 28.0 Å². The number of carbonyl (C=O) groups excluding carboxylic acids is 1. The van der Waals surface area contributed by atoms with Crippen molar-refractivity contribution in [3.05, 3.63) is 40.2 Å². The second-order valence-electron chi connectivity index (χ2n) is 9.64. The maximum atomic E-state index is 12.8. The van der Waals surface area contributed by atoms with Crippen LogP contribution in [-0.2, 0) is 4.74 Å². The number of fused-ring (bicyclic) bond motifs is 1. The fraction of sp³-hybridized carbons (Fsp3) is 0.520. The van der Waals surface area contributed by atoms with E-state index in [2.05, 4.69) is 9.55 Å². The van der Waals surface area contributed by atoms with Crippen LogP contribution in [0.1, 0.15) is 61.8 Å². The van der Waals surface area contributed by atoms with E-state index in [9.17, 15) is 20.0 Å². The minimum absolute atomic E-state index is 0.0178. The lowest BCUT2D eigenvalue weighted by molar-refractivity contribution is -0.384. The fourth-order valence-electron chi connectivity index (χ4n) is 5.65. The number of aliphatic hydroxyl groups excluding tert-OH is 1. The van der Waals surface area contributed by atoms with Gasteiger partial charge in [-0.05, 0) is 38.3 Å². The van der Waals surface area contributed by atoms with Gasteiger partial charge in [-0.25, -0.2) is 9.78 Å². The third-order valence-corrected chi connectivity index (χ3v) is 8.69. The van der Waals surface area contributed by atoms with Crippen molar-refractivity contribution >= 4 is 39.0 Å². The summed E-state index contributed by atoms with van der Waals surface area (Å²) in [7, 11) is 1.24. The zero-order chi connectivity index (χ0) is 24.7. The van der Waals surface area contributed by atoms with Gasteiger partial charge in [0, 0.05) is 36.7 Å². The lowest BCUT2D eigenvalue weighted by atomic mass is 9.95. The molecule has 1 aliphatic carbocycles. The number of anilines is 1. The van der Waals surface area contributed by atoms with Crippen molar-refractivity contribution in [1.29, 1.82) is 0 Å². The number of hydrogen-bond acceptors (Lipinski definition) is 8. The van der Waals surface area contributed by atoms with Gasteiger partial charge in [-0.3, -0.25) is 10.1 Å². The largest absolute Gasteiger partial charge is 0.465 e. The van der Waals surface area contributed by atoms with Crippen molar-refractivity contribution in [1.82, 2.24) is 9.55 Å². The Hall–Kier alpha value is -2.98. The monoisotopic (exact) mass is 498 g/mol. The normalized spacial score (nSPS) is 21.1. The number of hydrogen-bond donors (Lipinski definition) is 1. The number of nitro groups is 1. The number of nitrogens with zero attached hydrogens (tertiary/aromatic N) is 4. The lowest BCUT2D eigenvalue weighted by Crippen LogP contribution is -2.27. The SMILES string of the molecule is COC(=O)c1c(N2C[C@H](CO)C[C@@H]2C)sc(-c2ccc3c(c2)ncn3C2CCCCC2)c1[N+](=O)[O-]. The molecule has 2 fully saturated rings. The molecule has 2 aliphatic rings. The molecule has 1 saturated heterocycles. The third-order valence-electron chi connectivity index (χ3n) is 7.42. The fourth-order valence-corrected chi connectivity index (χ4v) is 7.02. The molecule has 2 atom stereocenters. The standard InChI is InChI=1S/C25H30N4O5S/c1-15-10-16(13-30)12-27(15)24-21(25(31)34-2)22(29(32)33)23(35-24)17-8-9-20-19(11-17)26-14-28(20)18-6-4-3-5-7-18/h8-9,11,14-16,18,30H,3-7,10,12-13H2,1-2H3/t15-,16+/m0/s1. The van der Waals surface area contributed by atoms with Gasteiger partial charge in [0.15, 0.2) is 5.56 Å². The highest BCUT2D eigenvalue weighted by molar-refractivity contribution is 7.20. The van der Waals surface area contributed by atoms with Crippen LogP contribution >= 0.6 is 11.3 Å². The summed E-state index contributed by atoms with van der Waals surface area (Å²) in [6.07, 6.45) is 8.61. The summed E-state index contributed by atoms with van der Waals surface area (Å²) < 4.78 is 7.21. The molecule has 3 aromatic rings. The van der Waals surface area contributed by atoms with E-state index in [-0.39, 0.29) is 29.8 Å². The summed E-state index contributed by atoms with van der Waals surface area (Å²) in [5.74, 6) is -0.670. The first-order valence-corrected chi connectivity index (χ1v) is 13.0. The molecule has 5 rings (SSSR count). The smallest absolute Gasteiger partial charge is 0.347 e. The Balaban J connectivity index is 1.61. The number of aromatic nitrogens is 2. The predicted molar refractivity (Wildman–Crippen MR) is 135 cm³/mol. The van der Waals surface area contributed by atoms with Gasteiger partial charge < -0.3 is 19.3 Å². The van der Waals surface area contributed by atoms with E-state index in [0.717, 1.165) is 30.3 Å². The quantitative estimate of drug-likeness (QED) is 0.283. The molecule has 1 aliphatic heterocycles. The third kappa shape index (κ3) is 4.18. The zero-order valence-electron chi connectivity index (χ0n) is 20.0. The summed E-state index contributed by atoms with van der Waals surface area (Å²) in [6, 6.07) is 6.21. The topological polar surface area (TPSA) is 111 Å². The second-order valence-corrected chi connectivity index (χ2v) is 10.6. The van der Waals surface area contributed by atoms with Gasteiger partial charge >= 0.3 is 11.7 Å². The number of aliphatic hydroxyl groups is 1. The Labute approximate surface area is 207 Å². The van der Waals surface area contributed by atoms with Gasteiger partial charge in [0.05, 0.1) is 29.4 Å². The second kappa shape index (κ2) is 9.58. The van der Waals surface area contributed by atoms with E-state index in [4.69, 9.17) is 4.74 Å². The molecule has 1 N–H and O–H groups in total. The Morgan fingerprint density at radius 2 is 2.09 bits per heavy atom. The van der Waals surface area contributed by atoms with E-state index in [1.54, 1.807) is 0 Å². The van der Waals surface area contributed by atoms with Crippen molar-refractivity contribution in [3.63, 3.8) is 0 Å². The molecule has 0 spiro atoms. The molecule has 1 aromatic carbocycles. The maximum absolute atomic E-state index is 12.8. The summed E-state index contributed by atoms with van der Waals surface area (Å²) >= 11 is 1.24. The van der Waals surface area contributed by atoms with E-state index in [1.165, 1.54) is 37.7 Å². The van der Waals surface area contributed by atoms with Crippen LogP contribution in [-0.4, -0.2) is 51.9 Å². The van der Waals surface area contributed by atoms with Crippen molar-refractivity contribution < 1.29 is 19.6 Å². The number of thiophene rings is 1.